The summed E-state index contributed by atoms with van der Waals surface area (Å²) in [7, 11) is 2.18. The lowest BCUT2D eigenvalue weighted by molar-refractivity contribution is 0.317. The van der Waals surface area contributed by atoms with E-state index in [-0.39, 0.29) is 0 Å². The average Bonchev–Trinajstić information content (AvgIpc) is 2.43. The molecule has 0 amide bonds. The minimum Gasteiger partial charge on any atom is -0.493 e. The molecule has 1 aliphatic carbocycles. The summed E-state index contributed by atoms with van der Waals surface area (Å²) in [4.78, 5) is 2.38. The molecule has 2 unspecified atom stereocenters. The molecule has 1 aromatic rings. The predicted octanol–water partition coefficient (Wildman–Crippen LogP) is 4.07. The maximum Gasteiger partial charge on any atom is 0.123 e. The molecule has 0 aliphatic heterocycles. The number of benzene rings is 1. The highest BCUT2D eigenvalue weighted by Gasteiger charge is 2.23. The maximum atomic E-state index is 6.02. The van der Waals surface area contributed by atoms with Gasteiger partial charge in [0.25, 0.3) is 0 Å². The molecule has 1 saturated carbocycles. The molecule has 112 valence electrons. The first-order chi connectivity index (χ1) is 9.60. The Hall–Kier alpha value is -1.38. The molecule has 0 aromatic heterocycles. The highest BCUT2D eigenvalue weighted by molar-refractivity contribution is 5.60. The van der Waals surface area contributed by atoms with E-state index >= 15 is 0 Å². The Balaban J connectivity index is 2.11. The lowest BCUT2D eigenvalue weighted by Gasteiger charge is -2.35. The van der Waals surface area contributed by atoms with Crippen molar-refractivity contribution in [2.75, 3.05) is 24.3 Å². The number of hydrogen-bond donors (Lipinski definition) is 1. The molecule has 3 nitrogen and oxygen atoms in total. The minimum atomic E-state index is 0.625. The van der Waals surface area contributed by atoms with Crippen LogP contribution in [0.15, 0.2) is 18.2 Å². The summed E-state index contributed by atoms with van der Waals surface area (Å²) >= 11 is 0. The fourth-order valence-electron chi connectivity index (χ4n) is 3.08. The number of rotatable bonds is 5. The van der Waals surface area contributed by atoms with Gasteiger partial charge in [-0.25, -0.2) is 0 Å². The van der Waals surface area contributed by atoms with E-state index in [1.165, 1.54) is 31.4 Å². The SMILES string of the molecule is CCCOc1cc(N)cc(N(C)C2CCCC(C)C2)c1. The van der Waals surface area contributed by atoms with Crippen LogP contribution in [0.2, 0.25) is 0 Å². The van der Waals surface area contributed by atoms with Crippen LogP contribution in [-0.4, -0.2) is 19.7 Å². The highest BCUT2D eigenvalue weighted by Crippen LogP contribution is 2.32. The van der Waals surface area contributed by atoms with E-state index in [1.807, 2.05) is 6.07 Å². The van der Waals surface area contributed by atoms with Gasteiger partial charge in [-0.1, -0.05) is 26.7 Å². The lowest BCUT2D eigenvalue weighted by Crippen LogP contribution is -2.35. The van der Waals surface area contributed by atoms with Gasteiger partial charge in [-0.3, -0.25) is 0 Å². The molecule has 2 atom stereocenters. The summed E-state index contributed by atoms with van der Waals surface area (Å²) < 4.78 is 5.73. The van der Waals surface area contributed by atoms with Gasteiger partial charge in [0.15, 0.2) is 0 Å². The van der Waals surface area contributed by atoms with Crippen LogP contribution in [0.25, 0.3) is 0 Å². The fourth-order valence-corrected chi connectivity index (χ4v) is 3.08. The maximum absolute atomic E-state index is 6.02. The van der Waals surface area contributed by atoms with E-state index < -0.39 is 0 Å². The normalized spacial score (nSPS) is 22.6. The third-order valence-corrected chi connectivity index (χ3v) is 4.25. The van der Waals surface area contributed by atoms with Gasteiger partial charge in [-0.2, -0.15) is 0 Å². The second-order valence-electron chi connectivity index (χ2n) is 6.15. The van der Waals surface area contributed by atoms with Gasteiger partial charge < -0.3 is 15.4 Å². The van der Waals surface area contributed by atoms with E-state index in [9.17, 15) is 0 Å². The van der Waals surface area contributed by atoms with Crippen LogP contribution in [0.4, 0.5) is 11.4 Å². The Morgan fingerprint density at radius 3 is 2.80 bits per heavy atom. The predicted molar refractivity (Wildman–Crippen MR) is 86.5 cm³/mol. The van der Waals surface area contributed by atoms with Crippen LogP contribution in [0, 0.1) is 5.92 Å². The molecular formula is C17H28N2O. The molecule has 0 heterocycles. The Bertz CT molecular complexity index is 433. The van der Waals surface area contributed by atoms with Gasteiger partial charge in [0.1, 0.15) is 5.75 Å². The Labute approximate surface area is 123 Å². The smallest absolute Gasteiger partial charge is 0.123 e. The molecule has 1 fully saturated rings. The van der Waals surface area contributed by atoms with Crippen molar-refractivity contribution in [2.45, 2.75) is 52.0 Å². The van der Waals surface area contributed by atoms with Gasteiger partial charge in [0.2, 0.25) is 0 Å². The van der Waals surface area contributed by atoms with E-state index in [2.05, 4.69) is 37.9 Å². The summed E-state index contributed by atoms with van der Waals surface area (Å²) in [5.41, 5.74) is 7.98. The van der Waals surface area contributed by atoms with Crippen molar-refractivity contribution in [3.8, 4) is 5.75 Å². The van der Waals surface area contributed by atoms with E-state index in [4.69, 9.17) is 10.5 Å². The van der Waals surface area contributed by atoms with Gasteiger partial charge in [-0.05, 0) is 31.2 Å². The fraction of sp³-hybridized carbons (Fsp3) is 0.647. The standard InChI is InChI=1S/C17H28N2O/c1-4-8-20-17-11-14(18)10-16(12-17)19(3)15-7-5-6-13(2)9-15/h10-13,15H,4-9,18H2,1-3H3. The summed E-state index contributed by atoms with van der Waals surface area (Å²) in [5.74, 6) is 1.71. The molecule has 2 N–H and O–H groups in total. The number of nitrogens with two attached hydrogens (primary N) is 1. The van der Waals surface area contributed by atoms with Crippen LogP contribution in [0.3, 0.4) is 0 Å². The zero-order valence-electron chi connectivity index (χ0n) is 13.1. The lowest BCUT2D eigenvalue weighted by atomic mass is 9.86. The molecule has 20 heavy (non-hydrogen) atoms. The third-order valence-electron chi connectivity index (χ3n) is 4.25. The molecule has 1 aliphatic rings. The summed E-state index contributed by atoms with van der Waals surface area (Å²) in [5, 5.41) is 0. The van der Waals surface area contributed by atoms with Crippen LogP contribution in [0.5, 0.6) is 5.75 Å². The van der Waals surface area contributed by atoms with Crippen molar-refractivity contribution in [3.63, 3.8) is 0 Å². The molecule has 3 heteroatoms. The first kappa shape index (κ1) is 15.0. The van der Waals surface area contributed by atoms with Gasteiger partial charge in [0, 0.05) is 36.6 Å². The minimum absolute atomic E-state index is 0.625. The molecule has 1 aromatic carbocycles. The zero-order valence-corrected chi connectivity index (χ0v) is 13.1. The first-order valence-corrected chi connectivity index (χ1v) is 7.86. The van der Waals surface area contributed by atoms with Gasteiger partial charge in [0.05, 0.1) is 6.61 Å². The number of nitrogens with zero attached hydrogens (tertiary/aromatic N) is 1. The number of hydrogen-bond acceptors (Lipinski definition) is 3. The molecule has 2 rings (SSSR count). The average molecular weight is 276 g/mol. The second kappa shape index (κ2) is 6.87. The van der Waals surface area contributed by atoms with E-state index in [1.54, 1.807) is 0 Å². The topological polar surface area (TPSA) is 38.5 Å². The number of ether oxygens (including phenoxy) is 1. The van der Waals surface area contributed by atoms with Gasteiger partial charge in [-0.15, -0.1) is 0 Å². The Kier molecular flexibility index (Phi) is 5.16. The van der Waals surface area contributed by atoms with Crippen molar-refractivity contribution in [2.24, 2.45) is 5.92 Å². The molecule has 0 spiro atoms. The zero-order chi connectivity index (χ0) is 14.5. The molecular weight excluding hydrogens is 248 g/mol. The third kappa shape index (κ3) is 3.81. The number of nitrogen functional groups attached to an aromatic ring is 1. The monoisotopic (exact) mass is 276 g/mol. The van der Waals surface area contributed by atoms with Crippen molar-refractivity contribution in [1.82, 2.24) is 0 Å². The van der Waals surface area contributed by atoms with Crippen molar-refractivity contribution in [3.05, 3.63) is 18.2 Å². The van der Waals surface area contributed by atoms with Crippen LogP contribution < -0.4 is 15.4 Å². The summed E-state index contributed by atoms with van der Waals surface area (Å²) in [6.07, 6.45) is 6.27. The van der Waals surface area contributed by atoms with Gasteiger partial charge >= 0.3 is 0 Å². The summed E-state index contributed by atoms with van der Waals surface area (Å²) in [6.45, 7) is 5.21. The van der Waals surface area contributed by atoms with E-state index in [0.717, 1.165) is 30.4 Å². The van der Waals surface area contributed by atoms with Crippen molar-refractivity contribution < 1.29 is 4.74 Å². The second-order valence-corrected chi connectivity index (χ2v) is 6.15. The molecule has 0 radical (unpaired) electrons. The van der Waals surface area contributed by atoms with Crippen molar-refractivity contribution in [1.29, 1.82) is 0 Å². The van der Waals surface area contributed by atoms with Crippen molar-refractivity contribution >= 4 is 11.4 Å². The van der Waals surface area contributed by atoms with Crippen LogP contribution in [-0.2, 0) is 0 Å². The Morgan fingerprint density at radius 2 is 2.10 bits per heavy atom. The largest absolute Gasteiger partial charge is 0.493 e. The van der Waals surface area contributed by atoms with Crippen LogP contribution >= 0.6 is 0 Å². The van der Waals surface area contributed by atoms with Crippen LogP contribution in [0.1, 0.15) is 46.0 Å². The first-order valence-electron chi connectivity index (χ1n) is 7.86. The van der Waals surface area contributed by atoms with E-state index in [0.29, 0.717) is 6.04 Å². The summed E-state index contributed by atoms with van der Waals surface area (Å²) in [6, 6.07) is 6.71. The highest BCUT2D eigenvalue weighted by atomic mass is 16.5. The number of anilines is 2. The molecule has 0 saturated heterocycles. The Morgan fingerprint density at radius 1 is 1.30 bits per heavy atom. The quantitative estimate of drug-likeness (QED) is 0.824. The molecule has 0 bridgehead atoms.